The number of imide groups is 1. The lowest BCUT2D eigenvalue weighted by atomic mass is 10.0. The Labute approximate surface area is 214 Å². The summed E-state index contributed by atoms with van der Waals surface area (Å²) in [6.45, 7) is 11.8. The Hall–Kier alpha value is -2.94. The molecule has 0 saturated heterocycles. The predicted molar refractivity (Wildman–Crippen MR) is 135 cm³/mol. The van der Waals surface area contributed by atoms with Gasteiger partial charge in [-0.05, 0) is 66.9 Å². The number of carbonyl (C=O) groups excluding carboxylic acids is 3. The molecule has 202 valence electrons. The lowest BCUT2D eigenvalue weighted by molar-refractivity contribution is -0.143. The summed E-state index contributed by atoms with van der Waals surface area (Å²) in [5.74, 6) is -1.38. The minimum Gasteiger partial charge on any atom is -0.480 e. The molecule has 0 fully saturated rings. The maximum atomic E-state index is 12.7. The monoisotopic (exact) mass is 507 g/mol. The molecule has 0 aliphatic carbocycles. The highest BCUT2D eigenvalue weighted by Crippen LogP contribution is 2.20. The number of carboxylic acids is 1. The van der Waals surface area contributed by atoms with Crippen LogP contribution >= 0.6 is 0 Å². The van der Waals surface area contributed by atoms with Crippen LogP contribution in [0.3, 0.4) is 0 Å². The number of amides is 2. The first kappa shape index (κ1) is 31.1. The van der Waals surface area contributed by atoms with Crippen molar-refractivity contribution in [1.29, 1.82) is 0 Å². The van der Waals surface area contributed by atoms with Crippen LogP contribution in [-0.4, -0.2) is 57.3 Å². The highest BCUT2D eigenvalue weighted by Gasteiger charge is 2.40. The quantitative estimate of drug-likeness (QED) is 0.356. The van der Waals surface area contributed by atoms with Crippen LogP contribution in [-0.2, 0) is 30.4 Å². The average Bonchev–Trinajstić information content (AvgIpc) is 2.74. The zero-order valence-electron chi connectivity index (χ0n) is 22.5. The molecule has 1 N–H and O–H groups in total. The van der Waals surface area contributed by atoms with Crippen LogP contribution in [0.2, 0.25) is 0 Å². The summed E-state index contributed by atoms with van der Waals surface area (Å²) in [5, 5.41) is 9.78. The molecule has 0 saturated carbocycles. The van der Waals surface area contributed by atoms with E-state index < -0.39 is 41.5 Å². The number of ether oxygens (including phenoxy) is 3. The van der Waals surface area contributed by atoms with Gasteiger partial charge in [0.1, 0.15) is 23.3 Å². The van der Waals surface area contributed by atoms with Crippen LogP contribution < -0.4 is 0 Å². The third-order valence-electron chi connectivity index (χ3n) is 4.97. The van der Waals surface area contributed by atoms with Crippen LogP contribution in [0.15, 0.2) is 30.3 Å². The number of rotatable bonds is 12. The number of Topliss-reactive ketones (excluding diaryl/α,β-unsaturated/α-hetero) is 1. The summed E-state index contributed by atoms with van der Waals surface area (Å²) in [7, 11) is 0. The van der Waals surface area contributed by atoms with Gasteiger partial charge in [-0.25, -0.2) is 14.4 Å². The molecule has 0 aromatic heterocycles. The molecular formula is C27H41NO8. The fraction of sp³-hybridized carbons (Fsp3) is 0.630. The normalized spacial score (nSPS) is 13.4. The summed E-state index contributed by atoms with van der Waals surface area (Å²) in [5.41, 5.74) is -0.878. The van der Waals surface area contributed by atoms with Crippen molar-refractivity contribution in [3.8, 4) is 0 Å². The summed E-state index contributed by atoms with van der Waals surface area (Å²) < 4.78 is 16.2. The first-order valence-corrected chi connectivity index (χ1v) is 12.3. The summed E-state index contributed by atoms with van der Waals surface area (Å²) in [4.78, 5) is 50.4. The van der Waals surface area contributed by atoms with Gasteiger partial charge in [0.2, 0.25) is 0 Å². The predicted octanol–water partition coefficient (Wildman–Crippen LogP) is 5.74. The molecule has 0 radical (unpaired) electrons. The van der Waals surface area contributed by atoms with Gasteiger partial charge in [-0.1, -0.05) is 43.2 Å². The molecule has 1 aromatic carbocycles. The third kappa shape index (κ3) is 12.2. The number of carboxylic acid groups (broad SMARTS) is 1. The average molecular weight is 508 g/mol. The number of aliphatic carboxylic acids is 1. The molecule has 0 aliphatic heterocycles. The number of hydrogen-bond acceptors (Lipinski definition) is 7. The van der Waals surface area contributed by atoms with E-state index >= 15 is 0 Å². The standard InChI is InChI=1S/C27H41NO8/c1-19(34-18-20-14-10-8-11-15-20)22(29)17-13-9-12-16-21(23(30)31)28(24(32)35-26(2,3)4)25(33)36-27(5,6)7/h8,10-11,14-15,19,21H,9,12-13,16-18H2,1-7H3,(H,30,31)/t19-,21-/m0/s1. The summed E-state index contributed by atoms with van der Waals surface area (Å²) >= 11 is 0. The van der Waals surface area contributed by atoms with Crippen molar-refractivity contribution in [2.75, 3.05) is 0 Å². The minimum atomic E-state index is -1.46. The maximum Gasteiger partial charge on any atom is 0.420 e. The fourth-order valence-corrected chi connectivity index (χ4v) is 3.22. The van der Waals surface area contributed by atoms with Crippen molar-refractivity contribution in [2.24, 2.45) is 0 Å². The van der Waals surface area contributed by atoms with Crippen LogP contribution in [0.25, 0.3) is 0 Å². The third-order valence-corrected chi connectivity index (χ3v) is 4.97. The van der Waals surface area contributed by atoms with Gasteiger partial charge in [0.15, 0.2) is 5.78 Å². The Balaban J connectivity index is 2.66. The van der Waals surface area contributed by atoms with Crippen molar-refractivity contribution in [3.63, 3.8) is 0 Å². The topological polar surface area (TPSA) is 119 Å². The van der Waals surface area contributed by atoms with Crippen molar-refractivity contribution < 1.29 is 38.5 Å². The molecule has 1 rings (SSSR count). The van der Waals surface area contributed by atoms with Crippen molar-refractivity contribution in [3.05, 3.63) is 35.9 Å². The van der Waals surface area contributed by atoms with Gasteiger partial charge < -0.3 is 19.3 Å². The Bertz CT molecular complexity index is 842. The number of hydrogen-bond donors (Lipinski definition) is 1. The van der Waals surface area contributed by atoms with Crippen LogP contribution in [0, 0.1) is 0 Å². The second kappa shape index (κ2) is 14.0. The van der Waals surface area contributed by atoms with Gasteiger partial charge in [0.25, 0.3) is 0 Å². The second-order valence-corrected chi connectivity index (χ2v) is 10.7. The van der Waals surface area contributed by atoms with Gasteiger partial charge in [-0.15, -0.1) is 0 Å². The largest absolute Gasteiger partial charge is 0.480 e. The van der Waals surface area contributed by atoms with Crippen LogP contribution in [0.5, 0.6) is 0 Å². The van der Waals surface area contributed by atoms with Crippen LogP contribution in [0.4, 0.5) is 9.59 Å². The molecule has 2 atom stereocenters. The van der Waals surface area contributed by atoms with Crippen molar-refractivity contribution >= 4 is 23.9 Å². The molecular weight excluding hydrogens is 466 g/mol. The maximum absolute atomic E-state index is 12.7. The molecule has 2 amide bonds. The zero-order valence-corrected chi connectivity index (χ0v) is 22.5. The van der Waals surface area contributed by atoms with E-state index in [1.165, 1.54) is 0 Å². The first-order valence-electron chi connectivity index (χ1n) is 12.3. The van der Waals surface area contributed by atoms with E-state index in [2.05, 4.69) is 0 Å². The van der Waals surface area contributed by atoms with Gasteiger partial charge in [0, 0.05) is 6.42 Å². The Kier molecular flexibility index (Phi) is 12.1. The highest BCUT2D eigenvalue weighted by molar-refractivity contribution is 5.93. The molecule has 9 heteroatoms. The number of unbranched alkanes of at least 4 members (excludes halogenated alkanes) is 2. The Morgan fingerprint density at radius 2 is 1.39 bits per heavy atom. The number of ketones is 1. The van der Waals surface area contributed by atoms with Gasteiger partial charge in [-0.2, -0.15) is 4.90 Å². The molecule has 9 nitrogen and oxygen atoms in total. The summed E-state index contributed by atoms with van der Waals surface area (Å²) in [6.07, 6.45) is -0.969. The van der Waals surface area contributed by atoms with Crippen LogP contribution in [0.1, 0.15) is 86.1 Å². The van der Waals surface area contributed by atoms with Gasteiger partial charge in [-0.3, -0.25) is 4.79 Å². The number of benzene rings is 1. The minimum absolute atomic E-state index is 0.00205. The van der Waals surface area contributed by atoms with E-state index in [1.54, 1.807) is 48.5 Å². The zero-order chi connectivity index (χ0) is 27.5. The smallest absolute Gasteiger partial charge is 0.420 e. The van der Waals surface area contributed by atoms with Gasteiger partial charge in [0.05, 0.1) is 6.61 Å². The number of nitrogens with zero attached hydrogens (tertiary/aromatic N) is 1. The SMILES string of the molecule is C[C@H](OCc1ccccc1)C(=O)CCCCC[C@@H](C(=O)O)N(C(=O)OC(C)(C)C)C(=O)OC(C)(C)C. The van der Waals surface area contributed by atoms with E-state index in [1.807, 2.05) is 30.3 Å². The molecule has 0 heterocycles. The molecule has 0 unspecified atom stereocenters. The lowest BCUT2D eigenvalue weighted by Crippen LogP contribution is -2.52. The Morgan fingerprint density at radius 1 is 0.861 bits per heavy atom. The van der Waals surface area contributed by atoms with Gasteiger partial charge >= 0.3 is 18.2 Å². The molecule has 36 heavy (non-hydrogen) atoms. The molecule has 1 aromatic rings. The molecule has 0 aliphatic rings. The van der Waals surface area contributed by atoms with E-state index in [4.69, 9.17) is 14.2 Å². The first-order chi connectivity index (χ1) is 16.6. The van der Waals surface area contributed by atoms with E-state index in [0.717, 1.165) is 5.56 Å². The number of carbonyl (C=O) groups is 4. The van der Waals surface area contributed by atoms with Crippen molar-refractivity contribution in [2.45, 2.75) is 111 Å². The highest BCUT2D eigenvalue weighted by atomic mass is 16.6. The second-order valence-electron chi connectivity index (χ2n) is 10.7. The van der Waals surface area contributed by atoms with E-state index in [0.29, 0.717) is 30.8 Å². The molecule has 0 bridgehead atoms. The van der Waals surface area contributed by atoms with E-state index in [9.17, 15) is 24.3 Å². The van der Waals surface area contributed by atoms with E-state index in [-0.39, 0.29) is 18.6 Å². The molecule has 0 spiro atoms. The Morgan fingerprint density at radius 3 is 1.86 bits per heavy atom. The van der Waals surface area contributed by atoms with Crippen molar-refractivity contribution in [1.82, 2.24) is 4.90 Å². The fourth-order valence-electron chi connectivity index (χ4n) is 3.22. The summed E-state index contributed by atoms with van der Waals surface area (Å²) in [6, 6.07) is 8.11. The lowest BCUT2D eigenvalue weighted by Gasteiger charge is -2.31.